The molecule has 1 rings (SSSR count). The van der Waals surface area contributed by atoms with E-state index >= 15 is 0 Å². The van der Waals surface area contributed by atoms with E-state index in [1.165, 1.54) is 4.90 Å². The van der Waals surface area contributed by atoms with Crippen LogP contribution in [0.25, 0.3) is 0 Å². The third-order valence-corrected chi connectivity index (χ3v) is 3.76. The molecule has 1 saturated carbocycles. The molecule has 0 aromatic carbocycles. The maximum Gasteiger partial charge on any atom is 0.307 e. The molecule has 0 spiro atoms. The van der Waals surface area contributed by atoms with Crippen molar-refractivity contribution in [2.75, 3.05) is 20.1 Å². The molecule has 3 atom stereocenters. The summed E-state index contributed by atoms with van der Waals surface area (Å²) in [5.41, 5.74) is 0. The van der Waals surface area contributed by atoms with E-state index in [-0.39, 0.29) is 24.3 Å². The average Bonchev–Trinajstić information content (AvgIpc) is 2.77. The van der Waals surface area contributed by atoms with E-state index < -0.39 is 17.8 Å². The summed E-state index contributed by atoms with van der Waals surface area (Å²) in [5.74, 6) is -2.27. The molecule has 20 heavy (non-hydrogen) atoms. The number of aliphatic carboxylic acids is 1. The summed E-state index contributed by atoms with van der Waals surface area (Å²) in [6, 6.07) is 0. The number of carbonyl (C=O) groups is 3. The number of carbonyl (C=O) groups excluding carboxylic acids is 2. The van der Waals surface area contributed by atoms with Crippen LogP contribution in [0.2, 0.25) is 0 Å². The highest BCUT2D eigenvalue weighted by molar-refractivity contribution is 5.88. The van der Waals surface area contributed by atoms with Crippen molar-refractivity contribution in [1.29, 1.82) is 0 Å². The monoisotopic (exact) mass is 284 g/mol. The first-order valence-electron chi connectivity index (χ1n) is 7.11. The van der Waals surface area contributed by atoms with Crippen LogP contribution in [0.5, 0.6) is 0 Å². The molecule has 0 aliphatic heterocycles. The number of nitrogens with zero attached hydrogens (tertiary/aromatic N) is 1. The highest BCUT2D eigenvalue weighted by Crippen LogP contribution is 2.37. The molecule has 3 unspecified atom stereocenters. The first-order valence-corrected chi connectivity index (χ1v) is 7.11. The Bertz CT molecular complexity index is 383. The summed E-state index contributed by atoms with van der Waals surface area (Å²) < 4.78 is 0. The smallest absolute Gasteiger partial charge is 0.307 e. The number of carboxylic acids is 1. The van der Waals surface area contributed by atoms with Crippen molar-refractivity contribution in [3.63, 3.8) is 0 Å². The Labute approximate surface area is 119 Å². The fourth-order valence-corrected chi connectivity index (χ4v) is 2.73. The molecule has 6 nitrogen and oxygen atoms in total. The van der Waals surface area contributed by atoms with Gasteiger partial charge < -0.3 is 15.3 Å². The van der Waals surface area contributed by atoms with Gasteiger partial charge in [0, 0.05) is 13.6 Å². The highest BCUT2D eigenvalue weighted by Gasteiger charge is 2.42. The fraction of sp³-hybridized carbons (Fsp3) is 0.786. The number of hydrogen-bond donors (Lipinski definition) is 2. The first kappa shape index (κ1) is 16.5. The van der Waals surface area contributed by atoms with E-state index in [2.05, 4.69) is 5.32 Å². The van der Waals surface area contributed by atoms with Crippen molar-refractivity contribution in [1.82, 2.24) is 10.2 Å². The van der Waals surface area contributed by atoms with Crippen LogP contribution in [0.4, 0.5) is 0 Å². The molecule has 2 amide bonds. The Morgan fingerprint density at radius 3 is 2.40 bits per heavy atom. The Balaban J connectivity index is 2.59. The Morgan fingerprint density at radius 2 is 1.85 bits per heavy atom. The second-order valence-corrected chi connectivity index (χ2v) is 5.67. The second kappa shape index (κ2) is 7.26. The molecule has 0 bridgehead atoms. The van der Waals surface area contributed by atoms with Gasteiger partial charge in [-0.1, -0.05) is 13.8 Å². The molecule has 0 aromatic rings. The predicted molar refractivity (Wildman–Crippen MR) is 74.0 cm³/mol. The largest absolute Gasteiger partial charge is 0.481 e. The zero-order chi connectivity index (χ0) is 15.3. The number of rotatable bonds is 6. The third-order valence-electron chi connectivity index (χ3n) is 3.76. The average molecular weight is 284 g/mol. The number of amides is 2. The number of likely N-dealkylation sites (N-methyl/N-ethyl adjacent to an activating group) is 1. The first-order chi connectivity index (χ1) is 9.36. The molecule has 1 aliphatic rings. The van der Waals surface area contributed by atoms with Gasteiger partial charge in [0.15, 0.2) is 0 Å². The van der Waals surface area contributed by atoms with Gasteiger partial charge in [-0.05, 0) is 25.2 Å². The van der Waals surface area contributed by atoms with Crippen molar-refractivity contribution in [2.45, 2.75) is 33.1 Å². The van der Waals surface area contributed by atoms with Gasteiger partial charge in [-0.3, -0.25) is 14.4 Å². The van der Waals surface area contributed by atoms with Crippen LogP contribution in [0.3, 0.4) is 0 Å². The topological polar surface area (TPSA) is 86.7 Å². The van der Waals surface area contributed by atoms with Gasteiger partial charge in [-0.2, -0.15) is 0 Å². The predicted octanol–water partition coefficient (Wildman–Crippen LogP) is 0.718. The summed E-state index contributed by atoms with van der Waals surface area (Å²) in [7, 11) is 1.55. The van der Waals surface area contributed by atoms with Gasteiger partial charge in [-0.25, -0.2) is 0 Å². The molecule has 1 aliphatic carbocycles. The summed E-state index contributed by atoms with van der Waals surface area (Å²) in [4.78, 5) is 36.4. The van der Waals surface area contributed by atoms with E-state index in [0.717, 1.165) is 6.42 Å². The maximum atomic E-state index is 12.3. The molecular formula is C14H24N2O4. The quantitative estimate of drug-likeness (QED) is 0.752. The number of carboxylic acid groups (broad SMARTS) is 1. The zero-order valence-electron chi connectivity index (χ0n) is 12.4. The van der Waals surface area contributed by atoms with Gasteiger partial charge in [0.1, 0.15) is 0 Å². The summed E-state index contributed by atoms with van der Waals surface area (Å²) in [6.07, 6.45) is 1.95. The molecule has 0 heterocycles. The van der Waals surface area contributed by atoms with Crippen LogP contribution in [0.1, 0.15) is 33.1 Å². The maximum absolute atomic E-state index is 12.3. The molecular weight excluding hydrogens is 260 g/mol. The summed E-state index contributed by atoms with van der Waals surface area (Å²) >= 11 is 0. The van der Waals surface area contributed by atoms with Crippen LogP contribution in [-0.2, 0) is 14.4 Å². The molecule has 114 valence electrons. The van der Waals surface area contributed by atoms with Gasteiger partial charge in [0.2, 0.25) is 11.8 Å². The van der Waals surface area contributed by atoms with Crippen molar-refractivity contribution in [3.05, 3.63) is 0 Å². The van der Waals surface area contributed by atoms with Crippen molar-refractivity contribution >= 4 is 17.8 Å². The molecule has 0 saturated heterocycles. The summed E-state index contributed by atoms with van der Waals surface area (Å²) in [5, 5.41) is 11.9. The van der Waals surface area contributed by atoms with Crippen LogP contribution >= 0.6 is 0 Å². The highest BCUT2D eigenvalue weighted by atomic mass is 16.4. The molecule has 6 heteroatoms. The minimum Gasteiger partial charge on any atom is -0.481 e. The summed E-state index contributed by atoms with van der Waals surface area (Å²) in [6.45, 7) is 4.47. The van der Waals surface area contributed by atoms with Crippen LogP contribution in [-0.4, -0.2) is 47.9 Å². The normalized spacial score (nSPS) is 25.2. The molecule has 1 fully saturated rings. The molecule has 0 radical (unpaired) electrons. The lowest BCUT2D eigenvalue weighted by molar-refractivity contribution is -0.149. The Kier molecular flexibility index (Phi) is 5.98. The van der Waals surface area contributed by atoms with Crippen LogP contribution < -0.4 is 5.32 Å². The zero-order valence-corrected chi connectivity index (χ0v) is 12.4. The van der Waals surface area contributed by atoms with Gasteiger partial charge >= 0.3 is 5.97 Å². The minimum absolute atomic E-state index is 0.0178. The van der Waals surface area contributed by atoms with Crippen molar-refractivity contribution in [3.8, 4) is 0 Å². The van der Waals surface area contributed by atoms with E-state index in [0.29, 0.717) is 19.4 Å². The molecule has 2 N–H and O–H groups in total. The van der Waals surface area contributed by atoms with E-state index in [1.54, 1.807) is 7.05 Å². The van der Waals surface area contributed by atoms with Crippen molar-refractivity contribution < 1.29 is 19.5 Å². The van der Waals surface area contributed by atoms with Crippen molar-refractivity contribution in [2.24, 2.45) is 17.8 Å². The third kappa shape index (κ3) is 4.21. The number of hydrogen-bond acceptors (Lipinski definition) is 3. The van der Waals surface area contributed by atoms with Gasteiger partial charge in [-0.15, -0.1) is 0 Å². The molecule has 0 aromatic heterocycles. The lowest BCUT2D eigenvalue weighted by Crippen LogP contribution is -2.42. The van der Waals surface area contributed by atoms with Crippen LogP contribution in [0, 0.1) is 17.8 Å². The lowest BCUT2D eigenvalue weighted by Gasteiger charge is -2.23. The Hall–Kier alpha value is -1.59. The van der Waals surface area contributed by atoms with Gasteiger partial charge in [0.25, 0.3) is 0 Å². The van der Waals surface area contributed by atoms with E-state index in [4.69, 9.17) is 0 Å². The Morgan fingerprint density at radius 1 is 1.25 bits per heavy atom. The number of nitrogens with one attached hydrogen (secondary N) is 1. The minimum atomic E-state index is -0.920. The van der Waals surface area contributed by atoms with Gasteiger partial charge in [0.05, 0.1) is 18.4 Å². The second-order valence-electron chi connectivity index (χ2n) is 5.67. The fourth-order valence-electron chi connectivity index (χ4n) is 2.73. The lowest BCUT2D eigenvalue weighted by atomic mass is 9.95. The SMILES string of the molecule is CCCNC(=O)CN(C)C(=O)C1CC(C)CC1C(=O)O. The van der Waals surface area contributed by atoms with E-state index in [1.807, 2.05) is 13.8 Å². The standard InChI is InChI=1S/C14H24N2O4/c1-4-5-15-12(17)8-16(3)13(18)10-6-9(2)7-11(10)14(19)20/h9-11H,4-8H2,1-3H3,(H,15,17)(H,19,20). The van der Waals surface area contributed by atoms with Crippen LogP contribution in [0.15, 0.2) is 0 Å². The van der Waals surface area contributed by atoms with E-state index in [9.17, 15) is 19.5 Å².